The number of nitrogens with zero attached hydrogens (tertiary/aromatic N) is 3. The van der Waals surface area contributed by atoms with Gasteiger partial charge in [-0.25, -0.2) is 17.7 Å². The molecule has 0 saturated carbocycles. The minimum atomic E-state index is -3.20. The van der Waals surface area contributed by atoms with Gasteiger partial charge in [0.15, 0.2) is 5.13 Å². The highest BCUT2D eigenvalue weighted by Gasteiger charge is 2.32. The lowest BCUT2D eigenvalue weighted by molar-refractivity contribution is -0.123. The van der Waals surface area contributed by atoms with Crippen LogP contribution in [0, 0.1) is 5.92 Å². The fourth-order valence-electron chi connectivity index (χ4n) is 3.18. The Hall–Kier alpha value is -2.03. The first-order valence-corrected chi connectivity index (χ1v) is 11.5. The third kappa shape index (κ3) is 4.63. The molecule has 1 aromatic heterocycles. The molecule has 144 valence electrons. The summed E-state index contributed by atoms with van der Waals surface area (Å²) in [6.07, 6.45) is 3.94. The van der Waals surface area contributed by atoms with Gasteiger partial charge in [-0.1, -0.05) is 36.4 Å². The number of hydrogen-bond acceptors (Lipinski definition) is 5. The van der Waals surface area contributed by atoms with Crippen molar-refractivity contribution in [1.82, 2.24) is 9.29 Å². The number of carbonyl (C=O) groups is 1. The summed E-state index contributed by atoms with van der Waals surface area (Å²) in [7, 11) is -3.20. The number of amides is 1. The first-order valence-electron chi connectivity index (χ1n) is 8.78. The van der Waals surface area contributed by atoms with E-state index < -0.39 is 10.0 Å². The topological polar surface area (TPSA) is 70.6 Å². The number of hydrogen-bond donors (Lipinski definition) is 0. The molecule has 2 aromatic rings. The maximum atomic E-state index is 13.1. The van der Waals surface area contributed by atoms with Crippen LogP contribution in [0.25, 0.3) is 11.3 Å². The maximum absolute atomic E-state index is 13.1. The third-order valence-corrected chi connectivity index (χ3v) is 6.81. The number of rotatable bonds is 6. The van der Waals surface area contributed by atoms with E-state index in [9.17, 15) is 13.2 Å². The van der Waals surface area contributed by atoms with Gasteiger partial charge in [-0.2, -0.15) is 0 Å². The second-order valence-electron chi connectivity index (χ2n) is 6.56. The lowest BCUT2D eigenvalue weighted by atomic mass is 9.96. The molecule has 0 spiro atoms. The zero-order valence-electron chi connectivity index (χ0n) is 15.2. The zero-order chi connectivity index (χ0) is 19.4. The first kappa shape index (κ1) is 19.7. The summed E-state index contributed by atoms with van der Waals surface area (Å²) in [5, 5.41) is 2.59. The van der Waals surface area contributed by atoms with E-state index >= 15 is 0 Å². The molecule has 27 heavy (non-hydrogen) atoms. The second-order valence-corrected chi connectivity index (χ2v) is 9.37. The second kappa shape index (κ2) is 8.33. The Labute approximate surface area is 164 Å². The summed E-state index contributed by atoms with van der Waals surface area (Å²) in [6.45, 7) is 4.90. The van der Waals surface area contributed by atoms with Gasteiger partial charge in [-0.3, -0.25) is 9.69 Å². The number of carbonyl (C=O) groups excluding carboxylic acids is 1. The Kier molecular flexibility index (Phi) is 6.08. The molecule has 0 unspecified atom stereocenters. The smallest absolute Gasteiger partial charge is 0.232 e. The number of sulfonamides is 1. The van der Waals surface area contributed by atoms with Gasteiger partial charge in [0.1, 0.15) is 0 Å². The Balaban J connectivity index is 1.75. The van der Waals surface area contributed by atoms with Crippen molar-refractivity contribution in [2.75, 3.05) is 30.8 Å². The summed E-state index contributed by atoms with van der Waals surface area (Å²) in [4.78, 5) is 19.4. The molecule has 1 aliphatic rings. The van der Waals surface area contributed by atoms with Gasteiger partial charge in [0.05, 0.1) is 11.9 Å². The van der Waals surface area contributed by atoms with Crippen molar-refractivity contribution in [3.05, 3.63) is 48.4 Å². The molecule has 0 N–H and O–H groups in total. The SMILES string of the molecule is C=CCN(C(=O)C1CCN(S(C)(=O)=O)CC1)c1nc(-c2ccccc2)cs1. The summed E-state index contributed by atoms with van der Waals surface area (Å²) < 4.78 is 24.8. The van der Waals surface area contributed by atoms with Crippen LogP contribution in [0.5, 0.6) is 0 Å². The number of anilines is 1. The molecule has 0 aliphatic carbocycles. The van der Waals surface area contributed by atoms with Crippen molar-refractivity contribution in [2.24, 2.45) is 5.92 Å². The number of thiazole rings is 1. The summed E-state index contributed by atoms with van der Waals surface area (Å²) in [5.41, 5.74) is 1.84. The minimum Gasteiger partial charge on any atom is -0.284 e. The van der Waals surface area contributed by atoms with E-state index in [1.165, 1.54) is 21.9 Å². The average Bonchev–Trinajstić information content (AvgIpc) is 3.15. The highest BCUT2D eigenvalue weighted by atomic mass is 32.2. The lowest BCUT2D eigenvalue weighted by Gasteiger charge is -2.32. The molecule has 1 amide bonds. The van der Waals surface area contributed by atoms with Crippen LogP contribution in [0.15, 0.2) is 48.4 Å². The molecule has 1 saturated heterocycles. The van der Waals surface area contributed by atoms with Crippen molar-refractivity contribution in [3.8, 4) is 11.3 Å². The first-order chi connectivity index (χ1) is 12.9. The number of aromatic nitrogens is 1. The van der Waals surface area contributed by atoms with E-state index in [2.05, 4.69) is 11.6 Å². The van der Waals surface area contributed by atoms with Gasteiger partial charge in [-0.15, -0.1) is 17.9 Å². The Morgan fingerprint density at radius 2 is 2.00 bits per heavy atom. The van der Waals surface area contributed by atoms with E-state index in [1.807, 2.05) is 35.7 Å². The largest absolute Gasteiger partial charge is 0.284 e. The van der Waals surface area contributed by atoms with E-state index in [0.717, 1.165) is 11.3 Å². The summed E-state index contributed by atoms with van der Waals surface area (Å²) in [5.74, 6) is -0.218. The van der Waals surface area contributed by atoms with Crippen molar-refractivity contribution in [1.29, 1.82) is 0 Å². The van der Waals surface area contributed by atoms with Crippen LogP contribution < -0.4 is 4.90 Å². The molecule has 1 aliphatic heterocycles. The third-order valence-electron chi connectivity index (χ3n) is 4.64. The molecule has 3 rings (SSSR count). The zero-order valence-corrected chi connectivity index (χ0v) is 16.9. The quantitative estimate of drug-likeness (QED) is 0.693. The highest BCUT2D eigenvalue weighted by Crippen LogP contribution is 2.30. The Morgan fingerprint density at radius 3 is 2.59 bits per heavy atom. The van der Waals surface area contributed by atoms with Crippen LogP contribution in [-0.4, -0.2) is 49.5 Å². The van der Waals surface area contributed by atoms with Crippen LogP contribution in [0.1, 0.15) is 12.8 Å². The molecular formula is C19H23N3O3S2. The average molecular weight is 406 g/mol. The van der Waals surface area contributed by atoms with E-state index in [0.29, 0.717) is 37.6 Å². The Morgan fingerprint density at radius 1 is 1.33 bits per heavy atom. The van der Waals surface area contributed by atoms with Crippen LogP contribution in [0.4, 0.5) is 5.13 Å². The Bertz CT molecular complexity index is 901. The van der Waals surface area contributed by atoms with Crippen molar-refractivity contribution in [2.45, 2.75) is 12.8 Å². The number of benzene rings is 1. The highest BCUT2D eigenvalue weighted by molar-refractivity contribution is 7.88. The predicted octanol–water partition coefficient (Wildman–Crippen LogP) is 3.00. The van der Waals surface area contributed by atoms with Crippen molar-refractivity contribution >= 4 is 32.4 Å². The fraction of sp³-hybridized carbons (Fsp3) is 0.368. The number of piperidine rings is 1. The molecular weight excluding hydrogens is 382 g/mol. The van der Waals surface area contributed by atoms with Crippen LogP contribution in [0.3, 0.4) is 0 Å². The van der Waals surface area contributed by atoms with Gasteiger partial charge < -0.3 is 0 Å². The van der Waals surface area contributed by atoms with Gasteiger partial charge >= 0.3 is 0 Å². The monoisotopic (exact) mass is 405 g/mol. The maximum Gasteiger partial charge on any atom is 0.232 e. The predicted molar refractivity (Wildman–Crippen MR) is 109 cm³/mol. The molecule has 1 aromatic carbocycles. The molecule has 0 radical (unpaired) electrons. The molecule has 8 heteroatoms. The van der Waals surface area contributed by atoms with Crippen LogP contribution in [-0.2, 0) is 14.8 Å². The van der Waals surface area contributed by atoms with Gasteiger partial charge in [-0.05, 0) is 12.8 Å². The van der Waals surface area contributed by atoms with E-state index in [4.69, 9.17) is 0 Å². The lowest BCUT2D eigenvalue weighted by Crippen LogP contribution is -2.44. The molecule has 1 fully saturated rings. The van der Waals surface area contributed by atoms with E-state index in [-0.39, 0.29) is 11.8 Å². The van der Waals surface area contributed by atoms with Crippen molar-refractivity contribution in [3.63, 3.8) is 0 Å². The van der Waals surface area contributed by atoms with E-state index in [1.54, 1.807) is 11.0 Å². The normalized spacial score (nSPS) is 16.2. The van der Waals surface area contributed by atoms with Gasteiger partial charge in [0.2, 0.25) is 15.9 Å². The summed E-state index contributed by atoms with van der Waals surface area (Å²) in [6, 6.07) is 9.83. The van der Waals surface area contributed by atoms with Gasteiger partial charge in [0, 0.05) is 36.5 Å². The summed E-state index contributed by atoms with van der Waals surface area (Å²) >= 11 is 1.43. The molecule has 6 nitrogen and oxygen atoms in total. The van der Waals surface area contributed by atoms with Crippen LogP contribution >= 0.6 is 11.3 Å². The standard InChI is InChI=1S/C19H23N3O3S2/c1-3-11-22(18(23)16-9-12-21(13-10-16)27(2,24)25)19-20-17(14-26-19)15-7-5-4-6-8-15/h3-8,14,16H,1,9-13H2,2H3. The molecule has 0 atom stereocenters. The molecule has 2 heterocycles. The minimum absolute atomic E-state index is 0.0167. The van der Waals surface area contributed by atoms with Gasteiger partial charge in [0.25, 0.3) is 0 Å². The molecule has 0 bridgehead atoms. The fourth-order valence-corrected chi connectivity index (χ4v) is 4.90. The van der Waals surface area contributed by atoms with Crippen LogP contribution in [0.2, 0.25) is 0 Å². The van der Waals surface area contributed by atoms with Crippen molar-refractivity contribution < 1.29 is 13.2 Å².